The molecule has 1 amide bonds. The van der Waals surface area contributed by atoms with E-state index in [0.717, 1.165) is 4.48 Å². The van der Waals surface area contributed by atoms with Gasteiger partial charge in [0.05, 0.1) is 21.1 Å². The minimum atomic E-state index is 0. The van der Waals surface area contributed by atoms with Gasteiger partial charge in [0.1, 0.15) is 0 Å². The van der Waals surface area contributed by atoms with Crippen LogP contribution in [0.5, 0.6) is 0 Å². The predicted octanol–water partition coefficient (Wildman–Crippen LogP) is 0.873. The summed E-state index contributed by atoms with van der Waals surface area (Å²) in [6.45, 7) is 4.48. The van der Waals surface area contributed by atoms with Crippen LogP contribution in [0, 0.1) is 13.3 Å². The summed E-state index contributed by atoms with van der Waals surface area (Å²) in [6, 6.07) is 0. The highest BCUT2D eigenvalue weighted by Crippen LogP contribution is 1.92. The zero-order valence-electron chi connectivity index (χ0n) is 9.14. The Kier molecular flexibility index (Phi) is 5.99. The lowest BCUT2D eigenvalue weighted by molar-refractivity contribution is -0.872. The van der Waals surface area contributed by atoms with E-state index in [4.69, 9.17) is 0 Å². The van der Waals surface area contributed by atoms with Crippen molar-refractivity contribution < 1.29 is 9.28 Å². The molecule has 0 spiro atoms. The second-order valence-corrected chi connectivity index (χ2v) is 4.14. The van der Waals surface area contributed by atoms with Crippen LogP contribution in [0.2, 0.25) is 0 Å². The quantitative estimate of drug-likeness (QED) is 0.384. The fraction of sp³-hybridized carbons (Fsp3) is 0.778. The molecule has 3 nitrogen and oxygen atoms in total. The fourth-order valence-electron chi connectivity index (χ4n) is 0.519. The molecule has 74 valence electrons. The lowest BCUT2D eigenvalue weighted by Gasteiger charge is -2.24. The van der Waals surface area contributed by atoms with Crippen LogP contribution in [0.3, 0.4) is 0 Å². The molecular formula is C9H22N2O. The number of carbonyl (C=O) groups is 1. The van der Waals surface area contributed by atoms with Gasteiger partial charge in [-0.05, 0) is 0 Å². The fourth-order valence-corrected chi connectivity index (χ4v) is 0.519. The summed E-state index contributed by atoms with van der Waals surface area (Å²) >= 11 is 0. The van der Waals surface area contributed by atoms with Crippen molar-refractivity contribution in [3.8, 4) is 0 Å². The Morgan fingerprint density at radius 3 is 2.00 bits per heavy atom. The van der Waals surface area contributed by atoms with Gasteiger partial charge in [-0.3, -0.25) is 4.79 Å². The highest BCUT2D eigenvalue weighted by molar-refractivity contribution is 5.77. The molecule has 0 saturated carbocycles. The van der Waals surface area contributed by atoms with Crippen LogP contribution >= 0.6 is 0 Å². The van der Waals surface area contributed by atoms with Crippen molar-refractivity contribution in [2.24, 2.45) is 5.92 Å². The van der Waals surface area contributed by atoms with Crippen molar-refractivity contribution in [3.05, 3.63) is 7.43 Å². The molecule has 0 radical (unpaired) electrons. The van der Waals surface area contributed by atoms with Crippen LogP contribution in [0.1, 0.15) is 13.8 Å². The lowest BCUT2D eigenvalue weighted by atomic mass is 10.2. The van der Waals surface area contributed by atoms with Crippen LogP contribution in [0.4, 0.5) is 0 Å². The third kappa shape index (κ3) is 7.54. The Morgan fingerprint density at radius 1 is 1.33 bits per heavy atom. The minimum absolute atomic E-state index is 0. The number of nitrogens with zero attached hydrogens (tertiary/aromatic N) is 1. The van der Waals surface area contributed by atoms with E-state index in [0.29, 0.717) is 6.67 Å². The van der Waals surface area contributed by atoms with E-state index in [1.165, 1.54) is 0 Å². The van der Waals surface area contributed by atoms with Crippen molar-refractivity contribution in [1.29, 1.82) is 0 Å². The van der Waals surface area contributed by atoms with Gasteiger partial charge in [-0.15, -0.1) is 0 Å². The summed E-state index contributed by atoms with van der Waals surface area (Å²) in [7, 11) is 6.13. The standard InChI is InChI=1S/C8H18N2O.CH3/c1-7(2)8(11)9-6-10(3,4)5;/h7H,6H2,1-5H3;1H3/q;-1/p+1. The highest BCUT2D eigenvalue weighted by Gasteiger charge is 2.11. The van der Waals surface area contributed by atoms with Gasteiger partial charge < -0.3 is 17.2 Å². The van der Waals surface area contributed by atoms with Crippen molar-refractivity contribution in [1.82, 2.24) is 5.32 Å². The van der Waals surface area contributed by atoms with E-state index in [1.807, 2.05) is 35.0 Å². The maximum Gasteiger partial charge on any atom is 0.226 e. The summed E-state index contributed by atoms with van der Waals surface area (Å²) in [6.07, 6.45) is 0. The molecule has 0 bridgehead atoms. The number of amides is 1. The number of nitrogens with one attached hydrogen (secondary N) is 1. The summed E-state index contributed by atoms with van der Waals surface area (Å²) in [5.41, 5.74) is 0. The molecule has 0 aromatic carbocycles. The molecule has 0 aromatic rings. The SMILES string of the molecule is CC(C)C(=O)NC[N+](C)(C)C.[CH3-]. The molecule has 0 unspecified atom stereocenters. The Hall–Kier alpha value is -0.570. The molecule has 1 N–H and O–H groups in total. The Bertz CT molecular complexity index is 136. The Morgan fingerprint density at radius 2 is 1.75 bits per heavy atom. The van der Waals surface area contributed by atoms with Crippen LogP contribution in [-0.2, 0) is 4.79 Å². The molecule has 0 saturated heterocycles. The van der Waals surface area contributed by atoms with Crippen LogP contribution < -0.4 is 5.32 Å². The molecule has 0 aromatic heterocycles. The summed E-state index contributed by atoms with van der Waals surface area (Å²) in [5.74, 6) is 0.208. The van der Waals surface area contributed by atoms with Gasteiger partial charge in [-0.25, -0.2) is 0 Å². The zero-order chi connectivity index (χ0) is 9.07. The van der Waals surface area contributed by atoms with E-state index in [9.17, 15) is 4.79 Å². The third-order valence-corrected chi connectivity index (χ3v) is 1.25. The first-order valence-electron chi connectivity index (χ1n) is 3.91. The Labute approximate surface area is 76.3 Å². The predicted molar refractivity (Wildman–Crippen MR) is 52.3 cm³/mol. The monoisotopic (exact) mass is 174 g/mol. The van der Waals surface area contributed by atoms with E-state index >= 15 is 0 Å². The number of quaternary nitrogens is 1. The van der Waals surface area contributed by atoms with Gasteiger partial charge in [0.15, 0.2) is 6.67 Å². The zero-order valence-corrected chi connectivity index (χ0v) is 9.14. The molecular weight excluding hydrogens is 152 g/mol. The van der Waals surface area contributed by atoms with Gasteiger partial charge in [0, 0.05) is 5.92 Å². The van der Waals surface area contributed by atoms with Gasteiger partial charge >= 0.3 is 0 Å². The van der Waals surface area contributed by atoms with E-state index in [-0.39, 0.29) is 19.3 Å². The maximum absolute atomic E-state index is 11.1. The molecule has 0 atom stereocenters. The molecule has 0 aliphatic rings. The van der Waals surface area contributed by atoms with Crippen molar-refractivity contribution >= 4 is 5.91 Å². The first-order chi connectivity index (χ1) is 4.83. The maximum atomic E-state index is 11.1. The molecule has 0 fully saturated rings. The molecule has 0 heterocycles. The van der Waals surface area contributed by atoms with Crippen molar-refractivity contribution in [2.75, 3.05) is 27.8 Å². The first kappa shape index (κ1) is 14.0. The second kappa shape index (κ2) is 5.14. The van der Waals surface area contributed by atoms with Gasteiger partial charge in [0.25, 0.3) is 0 Å². The summed E-state index contributed by atoms with van der Waals surface area (Å²) in [4.78, 5) is 11.1. The number of hydrogen-bond donors (Lipinski definition) is 1. The number of hydrogen-bond acceptors (Lipinski definition) is 1. The molecule has 0 aliphatic carbocycles. The van der Waals surface area contributed by atoms with E-state index in [1.54, 1.807) is 0 Å². The molecule has 3 heteroatoms. The van der Waals surface area contributed by atoms with E-state index < -0.39 is 0 Å². The van der Waals surface area contributed by atoms with E-state index in [2.05, 4.69) is 5.32 Å². The number of rotatable bonds is 3. The molecule has 0 aliphatic heterocycles. The van der Waals surface area contributed by atoms with Gasteiger partial charge in [-0.1, -0.05) is 13.8 Å². The molecule has 12 heavy (non-hydrogen) atoms. The van der Waals surface area contributed by atoms with Crippen LogP contribution in [0.25, 0.3) is 0 Å². The normalized spacial score (nSPS) is 10.8. The van der Waals surface area contributed by atoms with Crippen LogP contribution in [0.15, 0.2) is 0 Å². The van der Waals surface area contributed by atoms with Crippen molar-refractivity contribution in [3.63, 3.8) is 0 Å². The van der Waals surface area contributed by atoms with Crippen molar-refractivity contribution in [2.45, 2.75) is 13.8 Å². The highest BCUT2D eigenvalue weighted by atomic mass is 16.2. The lowest BCUT2D eigenvalue weighted by Crippen LogP contribution is -2.46. The number of carbonyl (C=O) groups excluding carboxylic acids is 1. The van der Waals surface area contributed by atoms with Gasteiger partial charge in [-0.2, -0.15) is 0 Å². The summed E-state index contributed by atoms with van der Waals surface area (Å²) in [5, 5.41) is 2.86. The largest absolute Gasteiger partial charge is 0.358 e. The first-order valence-corrected chi connectivity index (χ1v) is 3.91. The van der Waals surface area contributed by atoms with Crippen LogP contribution in [-0.4, -0.2) is 38.2 Å². The average Bonchev–Trinajstić information content (AvgIpc) is 1.80. The summed E-state index contributed by atoms with van der Waals surface area (Å²) < 4.78 is 0.762. The smallest absolute Gasteiger partial charge is 0.226 e. The van der Waals surface area contributed by atoms with Gasteiger partial charge in [0.2, 0.25) is 5.91 Å². The average molecular weight is 174 g/mol. The minimum Gasteiger partial charge on any atom is -0.358 e. The topological polar surface area (TPSA) is 29.1 Å². The second-order valence-electron chi connectivity index (χ2n) is 4.14. The molecule has 0 rings (SSSR count). The third-order valence-electron chi connectivity index (χ3n) is 1.25. The Balaban J connectivity index is 0.